The highest BCUT2D eigenvalue weighted by atomic mass is 16.1. The molecule has 0 aromatic rings. The molecule has 0 saturated carbocycles. The Morgan fingerprint density at radius 2 is 1.79 bits per heavy atom. The third-order valence-corrected chi connectivity index (χ3v) is 2.56. The van der Waals surface area contributed by atoms with Gasteiger partial charge in [0.25, 0.3) is 0 Å². The van der Waals surface area contributed by atoms with Crippen LogP contribution in [0.3, 0.4) is 0 Å². The van der Waals surface area contributed by atoms with Crippen molar-refractivity contribution in [2.24, 2.45) is 17.6 Å². The standard InChI is InChI=1S/C12H25NO/c1-9(2)6-5-7-11(14)8-12(13)10(3)4/h9-10,12H,5-8,13H2,1-4H3. The van der Waals surface area contributed by atoms with Gasteiger partial charge in [-0.2, -0.15) is 0 Å². The van der Waals surface area contributed by atoms with Crippen LogP contribution in [0.5, 0.6) is 0 Å². The number of nitrogens with two attached hydrogens (primary N) is 1. The van der Waals surface area contributed by atoms with Crippen molar-refractivity contribution in [2.45, 2.75) is 59.4 Å². The van der Waals surface area contributed by atoms with Crippen molar-refractivity contribution in [1.82, 2.24) is 0 Å². The van der Waals surface area contributed by atoms with Crippen molar-refractivity contribution in [3.05, 3.63) is 0 Å². The summed E-state index contributed by atoms with van der Waals surface area (Å²) in [6.07, 6.45) is 3.42. The van der Waals surface area contributed by atoms with Gasteiger partial charge in [-0.05, 0) is 18.3 Å². The summed E-state index contributed by atoms with van der Waals surface area (Å²) in [4.78, 5) is 11.5. The Labute approximate surface area is 88.3 Å². The van der Waals surface area contributed by atoms with Crippen LogP contribution in [0.2, 0.25) is 0 Å². The van der Waals surface area contributed by atoms with E-state index in [1.807, 2.05) is 0 Å². The smallest absolute Gasteiger partial charge is 0.134 e. The molecular weight excluding hydrogens is 174 g/mol. The van der Waals surface area contributed by atoms with E-state index >= 15 is 0 Å². The minimum Gasteiger partial charge on any atom is -0.327 e. The van der Waals surface area contributed by atoms with E-state index < -0.39 is 0 Å². The maximum atomic E-state index is 11.5. The topological polar surface area (TPSA) is 43.1 Å². The highest BCUT2D eigenvalue weighted by Crippen LogP contribution is 2.10. The van der Waals surface area contributed by atoms with Crippen molar-refractivity contribution in [3.8, 4) is 0 Å². The zero-order valence-corrected chi connectivity index (χ0v) is 10.0. The lowest BCUT2D eigenvalue weighted by Gasteiger charge is -2.14. The van der Waals surface area contributed by atoms with Gasteiger partial charge in [0.05, 0.1) is 0 Å². The Morgan fingerprint density at radius 1 is 1.21 bits per heavy atom. The number of Topliss-reactive ketones (excluding diaryl/α,β-unsaturated/α-hetero) is 1. The highest BCUT2D eigenvalue weighted by molar-refractivity contribution is 5.78. The summed E-state index contributed by atoms with van der Waals surface area (Å²) in [5, 5.41) is 0. The van der Waals surface area contributed by atoms with E-state index in [1.165, 1.54) is 0 Å². The quantitative estimate of drug-likeness (QED) is 0.685. The fourth-order valence-electron chi connectivity index (χ4n) is 1.31. The van der Waals surface area contributed by atoms with Crippen LogP contribution < -0.4 is 5.73 Å². The van der Waals surface area contributed by atoms with Gasteiger partial charge in [0.15, 0.2) is 0 Å². The van der Waals surface area contributed by atoms with Crippen molar-refractivity contribution in [2.75, 3.05) is 0 Å². The van der Waals surface area contributed by atoms with E-state index in [-0.39, 0.29) is 6.04 Å². The number of ketones is 1. The van der Waals surface area contributed by atoms with E-state index in [1.54, 1.807) is 0 Å². The van der Waals surface area contributed by atoms with Gasteiger partial charge >= 0.3 is 0 Å². The molecule has 2 nitrogen and oxygen atoms in total. The maximum absolute atomic E-state index is 11.5. The van der Waals surface area contributed by atoms with Gasteiger partial charge in [-0.25, -0.2) is 0 Å². The summed E-state index contributed by atoms with van der Waals surface area (Å²) >= 11 is 0. The highest BCUT2D eigenvalue weighted by Gasteiger charge is 2.12. The summed E-state index contributed by atoms with van der Waals surface area (Å²) in [6, 6.07) is 0.0431. The second-order valence-corrected chi connectivity index (χ2v) is 4.94. The maximum Gasteiger partial charge on any atom is 0.134 e. The Balaban J connectivity index is 3.55. The van der Waals surface area contributed by atoms with Crippen LogP contribution in [-0.2, 0) is 4.79 Å². The van der Waals surface area contributed by atoms with E-state index in [9.17, 15) is 4.79 Å². The fraction of sp³-hybridized carbons (Fsp3) is 0.917. The van der Waals surface area contributed by atoms with E-state index in [4.69, 9.17) is 5.73 Å². The molecule has 0 rings (SSSR count). The molecule has 0 heterocycles. The third kappa shape index (κ3) is 7.07. The zero-order chi connectivity index (χ0) is 11.1. The molecule has 0 aliphatic rings. The van der Waals surface area contributed by atoms with E-state index in [0.717, 1.165) is 12.8 Å². The van der Waals surface area contributed by atoms with Crippen molar-refractivity contribution in [3.63, 3.8) is 0 Å². The van der Waals surface area contributed by atoms with Crippen LogP contribution in [0.1, 0.15) is 53.4 Å². The molecule has 0 aliphatic heterocycles. The van der Waals surface area contributed by atoms with Crippen molar-refractivity contribution >= 4 is 5.78 Å². The first-order valence-corrected chi connectivity index (χ1v) is 5.70. The summed E-state index contributed by atoms with van der Waals surface area (Å²) < 4.78 is 0. The molecule has 2 N–H and O–H groups in total. The van der Waals surface area contributed by atoms with Crippen LogP contribution in [0.15, 0.2) is 0 Å². The normalized spacial score (nSPS) is 13.6. The summed E-state index contributed by atoms with van der Waals surface area (Å²) in [6.45, 7) is 8.49. The van der Waals surface area contributed by atoms with Crippen LogP contribution in [-0.4, -0.2) is 11.8 Å². The number of carbonyl (C=O) groups excluding carboxylic acids is 1. The van der Waals surface area contributed by atoms with Crippen LogP contribution in [0.25, 0.3) is 0 Å². The second kappa shape index (κ2) is 6.99. The van der Waals surface area contributed by atoms with Crippen LogP contribution in [0.4, 0.5) is 0 Å². The van der Waals surface area contributed by atoms with Gasteiger partial charge in [-0.3, -0.25) is 4.79 Å². The minimum absolute atomic E-state index is 0.0431. The molecular formula is C12H25NO. The minimum atomic E-state index is 0.0431. The first kappa shape index (κ1) is 13.6. The summed E-state index contributed by atoms with van der Waals surface area (Å²) in [7, 11) is 0. The average molecular weight is 199 g/mol. The van der Waals surface area contributed by atoms with Gasteiger partial charge in [-0.15, -0.1) is 0 Å². The summed E-state index contributed by atoms with van der Waals surface area (Å²) in [5.74, 6) is 1.43. The van der Waals surface area contributed by atoms with Crippen molar-refractivity contribution < 1.29 is 4.79 Å². The van der Waals surface area contributed by atoms with Gasteiger partial charge in [0.2, 0.25) is 0 Å². The molecule has 0 spiro atoms. The lowest BCUT2D eigenvalue weighted by Crippen LogP contribution is -2.29. The molecule has 0 saturated heterocycles. The number of hydrogen-bond donors (Lipinski definition) is 1. The first-order valence-electron chi connectivity index (χ1n) is 5.70. The second-order valence-electron chi connectivity index (χ2n) is 4.94. The number of carbonyl (C=O) groups is 1. The predicted molar refractivity (Wildman–Crippen MR) is 61.1 cm³/mol. The molecule has 0 bridgehead atoms. The molecule has 1 unspecified atom stereocenters. The Hall–Kier alpha value is -0.370. The lowest BCUT2D eigenvalue weighted by atomic mass is 9.96. The van der Waals surface area contributed by atoms with Gasteiger partial charge in [-0.1, -0.05) is 34.1 Å². The first-order chi connectivity index (χ1) is 6.43. The van der Waals surface area contributed by atoms with Crippen LogP contribution in [0, 0.1) is 11.8 Å². The van der Waals surface area contributed by atoms with Gasteiger partial charge in [0, 0.05) is 18.9 Å². The Kier molecular flexibility index (Phi) is 6.81. The summed E-state index contributed by atoms with van der Waals surface area (Å²) in [5.41, 5.74) is 5.83. The molecule has 0 fully saturated rings. The lowest BCUT2D eigenvalue weighted by molar-refractivity contribution is -0.119. The van der Waals surface area contributed by atoms with Crippen molar-refractivity contribution in [1.29, 1.82) is 0 Å². The molecule has 0 aromatic carbocycles. The fourth-order valence-corrected chi connectivity index (χ4v) is 1.31. The predicted octanol–water partition coefficient (Wildman–Crippen LogP) is 2.76. The average Bonchev–Trinajstić information content (AvgIpc) is 2.02. The zero-order valence-electron chi connectivity index (χ0n) is 10.0. The number of rotatable bonds is 7. The third-order valence-electron chi connectivity index (χ3n) is 2.56. The molecule has 0 aromatic heterocycles. The molecule has 0 radical (unpaired) electrons. The largest absolute Gasteiger partial charge is 0.327 e. The monoisotopic (exact) mass is 199 g/mol. The van der Waals surface area contributed by atoms with Gasteiger partial charge in [0.1, 0.15) is 5.78 Å². The molecule has 1 atom stereocenters. The van der Waals surface area contributed by atoms with Gasteiger partial charge < -0.3 is 5.73 Å². The molecule has 14 heavy (non-hydrogen) atoms. The number of hydrogen-bond acceptors (Lipinski definition) is 2. The molecule has 0 aliphatic carbocycles. The molecule has 84 valence electrons. The Morgan fingerprint density at radius 3 is 2.21 bits per heavy atom. The Bertz CT molecular complexity index is 164. The SMILES string of the molecule is CC(C)CCCC(=O)CC(N)C(C)C. The van der Waals surface area contributed by atoms with E-state index in [0.29, 0.717) is 30.5 Å². The van der Waals surface area contributed by atoms with E-state index in [2.05, 4.69) is 27.7 Å². The molecule has 2 heteroatoms. The molecule has 0 amide bonds. The van der Waals surface area contributed by atoms with Crippen LogP contribution >= 0.6 is 0 Å².